The summed E-state index contributed by atoms with van der Waals surface area (Å²) in [6.45, 7) is 1.75. The summed E-state index contributed by atoms with van der Waals surface area (Å²) in [6, 6.07) is 20.7. The largest absolute Gasteiger partial charge is 0.322 e. The van der Waals surface area contributed by atoms with E-state index in [1.807, 2.05) is 30.3 Å². The number of hydrogen-bond donors (Lipinski definition) is 1. The van der Waals surface area contributed by atoms with Gasteiger partial charge in [0.2, 0.25) is 0 Å². The monoisotopic (exact) mass is 412 g/mol. The average molecular weight is 412 g/mol. The van der Waals surface area contributed by atoms with Crippen LogP contribution in [0.15, 0.2) is 72.8 Å². The van der Waals surface area contributed by atoms with Gasteiger partial charge in [-0.3, -0.25) is 24.1 Å². The van der Waals surface area contributed by atoms with E-state index in [0.29, 0.717) is 23.2 Å². The van der Waals surface area contributed by atoms with Crippen molar-refractivity contribution in [2.45, 2.75) is 13.3 Å². The Morgan fingerprint density at radius 2 is 1.45 bits per heavy atom. The highest BCUT2D eigenvalue weighted by Crippen LogP contribution is 2.25. The molecule has 1 aliphatic heterocycles. The zero-order chi connectivity index (χ0) is 22.0. The number of carbonyl (C=O) groups excluding carboxylic acids is 4. The Morgan fingerprint density at radius 3 is 2.13 bits per heavy atom. The maximum atomic E-state index is 12.8. The van der Waals surface area contributed by atoms with Crippen LogP contribution >= 0.6 is 0 Å². The Kier molecular flexibility index (Phi) is 5.45. The fraction of sp³-hybridized carbons (Fsp3) is 0.120. The van der Waals surface area contributed by atoms with E-state index in [9.17, 15) is 19.2 Å². The molecule has 0 atom stereocenters. The molecule has 1 aliphatic rings. The summed E-state index contributed by atoms with van der Waals surface area (Å²) >= 11 is 0. The van der Waals surface area contributed by atoms with Gasteiger partial charge in [0.15, 0.2) is 5.78 Å². The molecule has 6 nitrogen and oxygen atoms in total. The van der Waals surface area contributed by atoms with Gasteiger partial charge in [0.05, 0.1) is 11.1 Å². The van der Waals surface area contributed by atoms with Crippen molar-refractivity contribution in [3.8, 4) is 0 Å². The smallest absolute Gasteiger partial charge is 0.261 e. The molecule has 0 bridgehead atoms. The molecule has 3 aromatic rings. The van der Waals surface area contributed by atoms with Crippen molar-refractivity contribution in [2.24, 2.45) is 0 Å². The van der Waals surface area contributed by atoms with Crippen LogP contribution in [0.2, 0.25) is 0 Å². The number of nitrogens with zero attached hydrogens (tertiary/aromatic N) is 1. The molecule has 0 radical (unpaired) electrons. The normalized spacial score (nSPS) is 12.6. The van der Waals surface area contributed by atoms with Crippen molar-refractivity contribution in [3.63, 3.8) is 0 Å². The van der Waals surface area contributed by atoms with E-state index in [1.165, 1.54) is 30.0 Å². The van der Waals surface area contributed by atoms with Gasteiger partial charge in [-0.05, 0) is 61.4 Å². The van der Waals surface area contributed by atoms with Crippen LogP contribution in [0.5, 0.6) is 0 Å². The highest BCUT2D eigenvalue weighted by Gasteiger charge is 2.35. The number of imide groups is 1. The molecular formula is C25H20N2O4. The summed E-state index contributed by atoms with van der Waals surface area (Å²) in [7, 11) is 0. The Balaban J connectivity index is 1.48. The first kappa shape index (κ1) is 20.2. The van der Waals surface area contributed by atoms with E-state index < -0.39 is 11.8 Å². The van der Waals surface area contributed by atoms with Gasteiger partial charge in [0, 0.05) is 23.4 Å². The van der Waals surface area contributed by atoms with Crippen LogP contribution in [-0.2, 0) is 6.42 Å². The molecule has 0 fully saturated rings. The quantitative estimate of drug-likeness (QED) is 0.490. The summed E-state index contributed by atoms with van der Waals surface area (Å²) in [5.41, 5.74) is 2.94. The van der Waals surface area contributed by atoms with Crippen molar-refractivity contribution >= 4 is 29.2 Å². The number of anilines is 1. The predicted octanol–water partition coefficient (Wildman–Crippen LogP) is 3.98. The second kappa shape index (κ2) is 8.36. The molecule has 0 aliphatic carbocycles. The molecule has 3 amide bonds. The molecule has 31 heavy (non-hydrogen) atoms. The SMILES string of the molecule is CC(=O)c1ccc(NC(=O)c2ccc3c(c2)C(=O)N(CCc2ccccc2)C3=O)cc1. The third-order valence-electron chi connectivity index (χ3n) is 5.25. The van der Waals surface area contributed by atoms with Crippen molar-refractivity contribution in [2.75, 3.05) is 11.9 Å². The number of Topliss-reactive ketones (excluding diaryl/α,β-unsaturated/α-hetero) is 1. The molecular weight excluding hydrogens is 392 g/mol. The topological polar surface area (TPSA) is 83.6 Å². The van der Waals surface area contributed by atoms with E-state index in [0.717, 1.165) is 5.56 Å². The average Bonchev–Trinajstić information content (AvgIpc) is 3.02. The van der Waals surface area contributed by atoms with Crippen molar-refractivity contribution in [1.29, 1.82) is 0 Å². The Morgan fingerprint density at radius 1 is 0.806 bits per heavy atom. The summed E-state index contributed by atoms with van der Waals surface area (Å²) in [5.74, 6) is -1.20. The molecule has 0 spiro atoms. The minimum atomic E-state index is -0.402. The van der Waals surface area contributed by atoms with Crippen molar-refractivity contribution in [1.82, 2.24) is 4.90 Å². The van der Waals surface area contributed by atoms with Gasteiger partial charge in [-0.25, -0.2) is 0 Å². The Bertz CT molecular complexity index is 1180. The van der Waals surface area contributed by atoms with Crippen LogP contribution in [0.1, 0.15) is 53.9 Å². The van der Waals surface area contributed by atoms with Crippen LogP contribution in [-0.4, -0.2) is 34.9 Å². The molecule has 3 aromatic carbocycles. The second-order valence-corrected chi connectivity index (χ2v) is 7.35. The highest BCUT2D eigenvalue weighted by molar-refractivity contribution is 6.22. The lowest BCUT2D eigenvalue weighted by Crippen LogP contribution is -2.31. The number of ketones is 1. The number of fused-ring (bicyclic) bond motifs is 1. The summed E-state index contributed by atoms with van der Waals surface area (Å²) in [5, 5.41) is 2.74. The third-order valence-corrected chi connectivity index (χ3v) is 5.25. The van der Waals surface area contributed by atoms with Crippen molar-refractivity contribution in [3.05, 3.63) is 101 Å². The molecule has 154 valence electrons. The van der Waals surface area contributed by atoms with E-state index >= 15 is 0 Å². The van der Waals surface area contributed by atoms with Gasteiger partial charge in [-0.2, -0.15) is 0 Å². The standard InChI is InChI=1S/C25H20N2O4/c1-16(28)18-7-10-20(11-8-18)26-23(29)19-9-12-21-22(15-19)25(31)27(24(21)30)14-13-17-5-3-2-4-6-17/h2-12,15H,13-14H2,1H3,(H,26,29). The highest BCUT2D eigenvalue weighted by atomic mass is 16.2. The maximum absolute atomic E-state index is 12.8. The van der Waals surface area contributed by atoms with Crippen LogP contribution in [0.25, 0.3) is 0 Å². The van der Waals surface area contributed by atoms with Crippen LogP contribution in [0.3, 0.4) is 0 Å². The fourth-order valence-corrected chi connectivity index (χ4v) is 3.51. The summed E-state index contributed by atoms with van der Waals surface area (Å²) < 4.78 is 0. The Hall–Kier alpha value is -4.06. The molecule has 6 heteroatoms. The number of rotatable bonds is 6. The van der Waals surface area contributed by atoms with E-state index in [2.05, 4.69) is 5.32 Å². The van der Waals surface area contributed by atoms with Gasteiger partial charge >= 0.3 is 0 Å². The minimum Gasteiger partial charge on any atom is -0.322 e. The molecule has 1 heterocycles. The van der Waals surface area contributed by atoms with E-state index in [4.69, 9.17) is 0 Å². The lowest BCUT2D eigenvalue weighted by molar-refractivity contribution is 0.0655. The predicted molar refractivity (Wildman–Crippen MR) is 116 cm³/mol. The minimum absolute atomic E-state index is 0.0588. The number of carbonyl (C=O) groups is 4. The van der Waals surface area contributed by atoms with Crippen LogP contribution < -0.4 is 5.32 Å². The molecule has 0 saturated heterocycles. The Labute approximate surface area is 179 Å². The van der Waals surface area contributed by atoms with Gasteiger partial charge in [0.25, 0.3) is 17.7 Å². The molecule has 0 unspecified atom stereocenters. The summed E-state index contributed by atoms with van der Waals surface area (Å²) in [4.78, 5) is 50.7. The lowest BCUT2D eigenvalue weighted by Gasteiger charge is -2.13. The van der Waals surface area contributed by atoms with E-state index in [1.54, 1.807) is 24.3 Å². The van der Waals surface area contributed by atoms with Gasteiger partial charge in [0.1, 0.15) is 0 Å². The zero-order valence-electron chi connectivity index (χ0n) is 16.9. The first-order chi connectivity index (χ1) is 14.9. The fourth-order valence-electron chi connectivity index (χ4n) is 3.51. The van der Waals surface area contributed by atoms with Crippen molar-refractivity contribution < 1.29 is 19.2 Å². The maximum Gasteiger partial charge on any atom is 0.261 e. The third kappa shape index (κ3) is 4.14. The molecule has 0 aromatic heterocycles. The van der Waals surface area contributed by atoms with Crippen LogP contribution in [0.4, 0.5) is 5.69 Å². The van der Waals surface area contributed by atoms with Gasteiger partial charge < -0.3 is 5.32 Å². The number of amides is 3. The van der Waals surface area contributed by atoms with Gasteiger partial charge in [-0.15, -0.1) is 0 Å². The molecule has 0 saturated carbocycles. The van der Waals surface area contributed by atoms with Gasteiger partial charge in [-0.1, -0.05) is 30.3 Å². The zero-order valence-corrected chi connectivity index (χ0v) is 16.9. The lowest BCUT2D eigenvalue weighted by atomic mass is 10.1. The van der Waals surface area contributed by atoms with E-state index in [-0.39, 0.29) is 29.4 Å². The second-order valence-electron chi connectivity index (χ2n) is 7.35. The summed E-state index contributed by atoms with van der Waals surface area (Å²) in [6.07, 6.45) is 0.565. The first-order valence-corrected chi connectivity index (χ1v) is 9.90. The van der Waals surface area contributed by atoms with Crippen LogP contribution in [0, 0.1) is 0 Å². The first-order valence-electron chi connectivity index (χ1n) is 9.90. The number of hydrogen-bond acceptors (Lipinski definition) is 4. The number of nitrogens with one attached hydrogen (secondary N) is 1. The molecule has 1 N–H and O–H groups in total. The number of benzene rings is 3. The molecule has 4 rings (SSSR count).